The molecule has 3 heterocycles. The molecule has 3 rings (SSSR count). The molecular formula is C17H34FN5O2S. The molecule has 3 N–H and O–H groups in total. The summed E-state index contributed by atoms with van der Waals surface area (Å²) in [5.41, 5.74) is 6.10. The summed E-state index contributed by atoms with van der Waals surface area (Å²) >= 11 is 0. The zero-order valence-corrected chi connectivity index (χ0v) is 16.8. The lowest BCUT2D eigenvalue weighted by atomic mass is 9.95. The molecule has 3 atom stereocenters. The van der Waals surface area contributed by atoms with Crippen LogP contribution in [0.2, 0.25) is 0 Å². The number of piperidine rings is 3. The molecule has 0 spiro atoms. The summed E-state index contributed by atoms with van der Waals surface area (Å²) in [5, 5.41) is 2.65. The van der Waals surface area contributed by atoms with Gasteiger partial charge in [0, 0.05) is 32.2 Å². The minimum absolute atomic E-state index is 0.0993. The van der Waals surface area contributed by atoms with Gasteiger partial charge in [0.25, 0.3) is 0 Å². The summed E-state index contributed by atoms with van der Waals surface area (Å²) < 4.78 is 42.0. The Bertz CT molecular complexity index is 552. The van der Waals surface area contributed by atoms with E-state index in [0.29, 0.717) is 39.0 Å². The van der Waals surface area contributed by atoms with Gasteiger partial charge in [-0.1, -0.05) is 0 Å². The first kappa shape index (κ1) is 20.4. The number of sulfonamides is 1. The zero-order chi connectivity index (χ0) is 18.9. The van der Waals surface area contributed by atoms with Crippen LogP contribution in [-0.2, 0) is 10.0 Å². The highest BCUT2D eigenvalue weighted by molar-refractivity contribution is 7.89. The van der Waals surface area contributed by atoms with Gasteiger partial charge in [-0.2, -0.15) is 0 Å². The highest BCUT2D eigenvalue weighted by Crippen LogP contribution is 2.27. The Balaban J connectivity index is 1.58. The zero-order valence-electron chi connectivity index (χ0n) is 16.0. The molecular weight excluding hydrogens is 357 g/mol. The lowest BCUT2D eigenvalue weighted by molar-refractivity contribution is 0.0563. The average molecular weight is 392 g/mol. The van der Waals surface area contributed by atoms with Gasteiger partial charge in [-0.05, 0) is 58.9 Å². The van der Waals surface area contributed by atoms with Gasteiger partial charge < -0.3 is 16.0 Å². The van der Waals surface area contributed by atoms with E-state index in [-0.39, 0.29) is 23.4 Å². The minimum Gasteiger partial charge on any atom is -0.325 e. The normalized spacial score (nSPS) is 34.4. The maximum Gasteiger partial charge on any atom is 0.217 e. The molecule has 7 nitrogen and oxygen atoms in total. The molecule has 152 valence electrons. The number of hydrogen-bond donors (Lipinski definition) is 2. The van der Waals surface area contributed by atoms with Crippen LogP contribution in [0.25, 0.3) is 0 Å². The second-order valence-corrected chi connectivity index (χ2v) is 10.4. The van der Waals surface area contributed by atoms with E-state index in [1.807, 2.05) is 0 Å². The highest BCUT2D eigenvalue weighted by atomic mass is 32.2. The first-order chi connectivity index (χ1) is 12.3. The smallest absolute Gasteiger partial charge is 0.217 e. The quantitative estimate of drug-likeness (QED) is 0.669. The summed E-state index contributed by atoms with van der Waals surface area (Å²) in [6, 6.07) is -0.442. The fourth-order valence-electron chi connectivity index (χ4n) is 4.67. The monoisotopic (exact) mass is 391 g/mol. The van der Waals surface area contributed by atoms with Crippen molar-refractivity contribution in [1.29, 1.82) is 0 Å². The summed E-state index contributed by atoms with van der Waals surface area (Å²) in [5.74, 6) is 0. The summed E-state index contributed by atoms with van der Waals surface area (Å²) in [6.07, 6.45) is 1.90. The van der Waals surface area contributed by atoms with Gasteiger partial charge in [-0.25, -0.2) is 17.1 Å². The minimum atomic E-state index is -3.31. The lowest BCUT2D eigenvalue weighted by Crippen LogP contribution is -2.64. The third-order valence-electron chi connectivity index (χ3n) is 6.45. The number of nitrogens with two attached hydrogens (primary N) is 1. The van der Waals surface area contributed by atoms with E-state index in [9.17, 15) is 12.8 Å². The molecule has 0 saturated carbocycles. The van der Waals surface area contributed by atoms with Crippen LogP contribution in [0.1, 0.15) is 25.7 Å². The van der Waals surface area contributed by atoms with Crippen LogP contribution in [0.15, 0.2) is 0 Å². The summed E-state index contributed by atoms with van der Waals surface area (Å²) in [7, 11) is 0.498. The largest absolute Gasteiger partial charge is 0.325 e. The third kappa shape index (κ3) is 4.23. The van der Waals surface area contributed by atoms with Crippen molar-refractivity contribution in [2.45, 2.75) is 55.2 Å². The number of nitrogens with one attached hydrogen (secondary N) is 1. The van der Waals surface area contributed by atoms with Gasteiger partial charge >= 0.3 is 0 Å². The Morgan fingerprint density at radius 2 is 1.69 bits per heavy atom. The summed E-state index contributed by atoms with van der Waals surface area (Å²) in [4.78, 5) is 4.31. The van der Waals surface area contributed by atoms with E-state index in [2.05, 4.69) is 22.2 Å². The van der Waals surface area contributed by atoms with Crippen LogP contribution in [0, 0.1) is 0 Å². The van der Waals surface area contributed by atoms with Crippen molar-refractivity contribution in [3.05, 3.63) is 0 Å². The lowest BCUT2D eigenvalue weighted by Gasteiger charge is -2.44. The van der Waals surface area contributed by atoms with Gasteiger partial charge in [-0.15, -0.1) is 0 Å². The fourth-order valence-corrected chi connectivity index (χ4v) is 6.57. The molecule has 0 aromatic heterocycles. The van der Waals surface area contributed by atoms with Gasteiger partial charge in [0.2, 0.25) is 10.0 Å². The van der Waals surface area contributed by atoms with Crippen LogP contribution in [-0.4, -0.2) is 105 Å². The maximum atomic E-state index is 14.3. The van der Waals surface area contributed by atoms with Crippen molar-refractivity contribution in [3.8, 4) is 0 Å². The molecule has 3 aliphatic heterocycles. The number of nitrogens with zero attached hydrogens (tertiary/aromatic N) is 3. The van der Waals surface area contributed by atoms with Gasteiger partial charge in [0.15, 0.2) is 0 Å². The molecule has 3 saturated heterocycles. The van der Waals surface area contributed by atoms with Crippen molar-refractivity contribution < 1.29 is 12.8 Å². The molecule has 0 aromatic rings. The van der Waals surface area contributed by atoms with Crippen molar-refractivity contribution in [1.82, 2.24) is 19.4 Å². The van der Waals surface area contributed by atoms with E-state index in [0.717, 1.165) is 25.9 Å². The summed E-state index contributed by atoms with van der Waals surface area (Å²) in [6.45, 7) is 4.02. The number of halogens is 1. The Labute approximate surface area is 157 Å². The fraction of sp³-hybridized carbons (Fsp3) is 1.00. The van der Waals surface area contributed by atoms with E-state index >= 15 is 0 Å². The van der Waals surface area contributed by atoms with Crippen molar-refractivity contribution in [2.24, 2.45) is 5.73 Å². The average Bonchev–Trinajstić information content (AvgIpc) is 2.62. The highest BCUT2D eigenvalue weighted by Gasteiger charge is 2.41. The van der Waals surface area contributed by atoms with Crippen LogP contribution in [0.4, 0.5) is 4.39 Å². The topological polar surface area (TPSA) is 81.9 Å². The standard InChI is InChI=1S/C17H34FN5O2S/c1-21-7-3-13(4-8-21)22(2)26(24,25)14-5-9-23(10-6-14)17-15(18)11-20-12-16(17)19/h13-17,20H,3-12,19H2,1-2H3. The van der Waals surface area contributed by atoms with Crippen LogP contribution in [0.5, 0.6) is 0 Å². The molecule has 0 aliphatic carbocycles. The van der Waals surface area contributed by atoms with Gasteiger partial charge in [-0.3, -0.25) is 4.90 Å². The van der Waals surface area contributed by atoms with E-state index < -0.39 is 16.2 Å². The maximum absolute atomic E-state index is 14.3. The number of alkyl halides is 1. The number of rotatable bonds is 4. The van der Waals surface area contributed by atoms with E-state index in [1.165, 1.54) is 0 Å². The van der Waals surface area contributed by atoms with Gasteiger partial charge in [0.05, 0.1) is 11.3 Å². The Hall–Kier alpha value is -0.320. The van der Waals surface area contributed by atoms with Crippen LogP contribution in [0.3, 0.4) is 0 Å². The first-order valence-electron chi connectivity index (χ1n) is 9.80. The van der Waals surface area contributed by atoms with Crippen molar-refractivity contribution in [2.75, 3.05) is 53.4 Å². The predicted octanol–water partition coefficient (Wildman–Crippen LogP) is -0.556. The Morgan fingerprint density at radius 1 is 1.08 bits per heavy atom. The molecule has 3 unspecified atom stereocenters. The van der Waals surface area contributed by atoms with Crippen molar-refractivity contribution >= 4 is 10.0 Å². The molecule has 3 fully saturated rings. The van der Waals surface area contributed by atoms with Crippen LogP contribution >= 0.6 is 0 Å². The molecule has 0 aromatic carbocycles. The third-order valence-corrected chi connectivity index (χ3v) is 8.87. The second kappa shape index (κ2) is 8.36. The Kier molecular flexibility index (Phi) is 6.57. The Morgan fingerprint density at radius 3 is 2.27 bits per heavy atom. The number of likely N-dealkylation sites (tertiary alicyclic amines) is 2. The predicted molar refractivity (Wildman–Crippen MR) is 101 cm³/mol. The number of hydrogen-bond acceptors (Lipinski definition) is 6. The van der Waals surface area contributed by atoms with Crippen molar-refractivity contribution in [3.63, 3.8) is 0 Å². The SMILES string of the molecule is CN1CCC(N(C)S(=O)(=O)C2CCN(C3C(N)CNCC3F)CC2)CC1. The van der Waals surface area contributed by atoms with E-state index in [4.69, 9.17) is 5.73 Å². The molecule has 3 aliphatic rings. The molecule has 0 amide bonds. The molecule has 26 heavy (non-hydrogen) atoms. The molecule has 0 bridgehead atoms. The molecule has 0 radical (unpaired) electrons. The first-order valence-corrected chi connectivity index (χ1v) is 11.3. The van der Waals surface area contributed by atoms with Crippen LogP contribution < -0.4 is 11.1 Å². The second-order valence-electron chi connectivity index (χ2n) is 8.16. The van der Waals surface area contributed by atoms with Gasteiger partial charge in [0.1, 0.15) is 6.17 Å². The molecule has 9 heteroatoms. The van der Waals surface area contributed by atoms with E-state index in [1.54, 1.807) is 11.4 Å².